The van der Waals surface area contributed by atoms with Gasteiger partial charge in [-0.1, -0.05) is 82.1 Å². The Morgan fingerprint density at radius 1 is 0.931 bits per heavy atom. The van der Waals surface area contributed by atoms with Crippen LogP contribution in [0.5, 0.6) is 0 Å². The minimum absolute atomic E-state index is 0.210. The number of hydrogen-bond acceptors (Lipinski definition) is 2. The highest BCUT2D eigenvalue weighted by Crippen LogP contribution is 2.44. The van der Waals surface area contributed by atoms with Gasteiger partial charge in [0.25, 0.3) is 0 Å². The van der Waals surface area contributed by atoms with Crippen LogP contribution >= 0.6 is 31.9 Å². The van der Waals surface area contributed by atoms with Crippen LogP contribution in [0.2, 0.25) is 0 Å². The van der Waals surface area contributed by atoms with Gasteiger partial charge in [-0.2, -0.15) is 5.26 Å². The zero-order chi connectivity index (χ0) is 21.6. The summed E-state index contributed by atoms with van der Waals surface area (Å²) in [6, 6.07) is 20.2. The van der Waals surface area contributed by atoms with E-state index in [2.05, 4.69) is 108 Å². The fourth-order valence-corrected chi connectivity index (χ4v) is 5.94. The van der Waals surface area contributed by atoms with Crippen molar-refractivity contribution >= 4 is 31.9 Å². The van der Waals surface area contributed by atoms with Gasteiger partial charge >= 0.3 is 0 Å². The molecule has 0 aliphatic rings. The second-order valence-electron chi connectivity index (χ2n) is 8.36. The van der Waals surface area contributed by atoms with Crippen molar-refractivity contribution in [3.63, 3.8) is 0 Å². The molecule has 0 radical (unpaired) electrons. The third-order valence-electron chi connectivity index (χ3n) is 6.02. The van der Waals surface area contributed by atoms with Crippen LogP contribution in [0.25, 0.3) is 0 Å². The van der Waals surface area contributed by atoms with Crippen molar-refractivity contribution in [3.05, 3.63) is 68.6 Å². The van der Waals surface area contributed by atoms with Crippen molar-refractivity contribution < 1.29 is 0 Å². The summed E-state index contributed by atoms with van der Waals surface area (Å²) < 4.78 is 2.00. The molecule has 0 heterocycles. The molecule has 0 aliphatic carbocycles. The van der Waals surface area contributed by atoms with Gasteiger partial charge in [0.05, 0.1) is 11.5 Å². The monoisotopic (exact) mass is 518 g/mol. The van der Waals surface area contributed by atoms with Crippen molar-refractivity contribution in [2.45, 2.75) is 65.0 Å². The van der Waals surface area contributed by atoms with E-state index in [1.807, 2.05) is 18.2 Å². The second-order valence-corrected chi connectivity index (χ2v) is 10.1. The standard InChI is InChI=1S/C25H32Br2N2/c1-18(2)25(17-28,24-22(26)13-9-14-23(24)27)15-10-16-29(19(3)4)20(5)21-11-7-6-8-12-21/h6-9,11-14,18-20H,10,15-16H2,1-5H3. The molecule has 2 unspecified atom stereocenters. The van der Waals surface area contributed by atoms with Gasteiger partial charge in [-0.05, 0) is 63.8 Å². The molecule has 0 aliphatic heterocycles. The topological polar surface area (TPSA) is 27.0 Å². The Bertz CT molecular complexity index is 806. The van der Waals surface area contributed by atoms with Crippen LogP contribution in [0.1, 0.15) is 64.6 Å². The molecule has 2 aromatic rings. The Kier molecular flexibility index (Phi) is 8.94. The van der Waals surface area contributed by atoms with Crippen LogP contribution in [-0.4, -0.2) is 17.5 Å². The molecule has 0 saturated carbocycles. The first-order valence-corrected chi connectivity index (χ1v) is 12.0. The van der Waals surface area contributed by atoms with E-state index in [0.29, 0.717) is 12.1 Å². The number of nitriles is 1. The number of hydrogen-bond donors (Lipinski definition) is 0. The van der Waals surface area contributed by atoms with Crippen LogP contribution in [0, 0.1) is 17.2 Å². The maximum Gasteiger partial charge on any atom is 0.0867 e. The molecule has 0 N–H and O–H groups in total. The number of benzene rings is 2. The van der Waals surface area contributed by atoms with Crippen molar-refractivity contribution in [2.75, 3.05) is 6.54 Å². The van der Waals surface area contributed by atoms with Crippen LogP contribution in [0.4, 0.5) is 0 Å². The van der Waals surface area contributed by atoms with Gasteiger partial charge in [0.15, 0.2) is 0 Å². The van der Waals surface area contributed by atoms with Crippen molar-refractivity contribution in [2.24, 2.45) is 5.92 Å². The Balaban J connectivity index is 2.24. The Labute approximate surface area is 193 Å². The highest BCUT2D eigenvalue weighted by atomic mass is 79.9. The molecule has 0 amide bonds. The van der Waals surface area contributed by atoms with E-state index in [4.69, 9.17) is 0 Å². The Morgan fingerprint density at radius 2 is 1.52 bits per heavy atom. The molecule has 0 aromatic heterocycles. The molecule has 0 saturated heterocycles. The second kappa shape index (κ2) is 10.8. The van der Waals surface area contributed by atoms with Gasteiger partial charge in [-0.15, -0.1) is 0 Å². The molecule has 29 heavy (non-hydrogen) atoms. The first-order valence-electron chi connectivity index (χ1n) is 10.4. The summed E-state index contributed by atoms with van der Waals surface area (Å²) in [5, 5.41) is 10.3. The largest absolute Gasteiger partial charge is 0.294 e. The molecule has 2 atom stereocenters. The minimum atomic E-state index is -0.530. The van der Waals surface area contributed by atoms with Gasteiger partial charge in [0.1, 0.15) is 0 Å². The van der Waals surface area contributed by atoms with E-state index < -0.39 is 5.41 Å². The molecular weight excluding hydrogens is 488 g/mol. The lowest BCUT2D eigenvalue weighted by Gasteiger charge is -2.36. The third kappa shape index (κ3) is 5.51. The summed E-state index contributed by atoms with van der Waals surface area (Å²) in [6.07, 6.45) is 1.79. The van der Waals surface area contributed by atoms with Gasteiger partial charge in [-0.25, -0.2) is 0 Å². The average molecular weight is 520 g/mol. The van der Waals surface area contributed by atoms with E-state index >= 15 is 0 Å². The van der Waals surface area contributed by atoms with Crippen molar-refractivity contribution in [1.82, 2.24) is 4.90 Å². The summed E-state index contributed by atoms with van der Waals surface area (Å²) in [7, 11) is 0. The zero-order valence-electron chi connectivity index (χ0n) is 18.1. The van der Waals surface area contributed by atoms with Crippen molar-refractivity contribution in [3.8, 4) is 6.07 Å². The van der Waals surface area contributed by atoms with E-state index in [-0.39, 0.29) is 5.92 Å². The summed E-state index contributed by atoms with van der Waals surface area (Å²) in [4.78, 5) is 2.53. The maximum absolute atomic E-state index is 10.3. The number of nitrogens with zero attached hydrogens (tertiary/aromatic N) is 2. The van der Waals surface area contributed by atoms with Gasteiger partial charge in [0.2, 0.25) is 0 Å². The average Bonchev–Trinajstić information content (AvgIpc) is 2.69. The highest BCUT2D eigenvalue weighted by molar-refractivity contribution is 9.11. The number of halogens is 2. The first kappa shape index (κ1) is 24.1. The lowest BCUT2D eigenvalue weighted by molar-refractivity contribution is 0.155. The summed E-state index contributed by atoms with van der Waals surface area (Å²) in [6.45, 7) is 12.1. The van der Waals surface area contributed by atoms with Gasteiger partial charge < -0.3 is 0 Å². The molecule has 0 spiro atoms. The molecule has 156 valence electrons. The fourth-order valence-electron chi connectivity index (χ4n) is 4.23. The molecule has 2 aromatic carbocycles. The van der Waals surface area contributed by atoms with Gasteiger partial charge in [-0.3, -0.25) is 4.90 Å². The van der Waals surface area contributed by atoms with Crippen LogP contribution in [0.15, 0.2) is 57.5 Å². The van der Waals surface area contributed by atoms with Gasteiger partial charge in [0, 0.05) is 26.6 Å². The van der Waals surface area contributed by atoms with Crippen LogP contribution in [0.3, 0.4) is 0 Å². The first-order chi connectivity index (χ1) is 13.7. The predicted molar refractivity (Wildman–Crippen MR) is 130 cm³/mol. The van der Waals surface area contributed by atoms with Crippen LogP contribution < -0.4 is 0 Å². The van der Waals surface area contributed by atoms with Crippen LogP contribution in [-0.2, 0) is 5.41 Å². The third-order valence-corrected chi connectivity index (χ3v) is 7.35. The Hall–Kier alpha value is -1.15. The maximum atomic E-state index is 10.3. The van der Waals surface area contributed by atoms with E-state index in [9.17, 15) is 5.26 Å². The zero-order valence-corrected chi connectivity index (χ0v) is 21.3. The molecule has 2 rings (SSSR count). The fraction of sp³-hybridized carbons (Fsp3) is 0.480. The van der Waals surface area contributed by atoms with E-state index in [1.54, 1.807) is 0 Å². The quantitative estimate of drug-likeness (QED) is 0.336. The molecule has 4 heteroatoms. The normalized spacial score (nSPS) is 14.8. The lowest BCUT2D eigenvalue weighted by atomic mass is 9.70. The Morgan fingerprint density at radius 3 is 2.00 bits per heavy atom. The molecular formula is C25H32Br2N2. The highest BCUT2D eigenvalue weighted by Gasteiger charge is 2.39. The SMILES string of the molecule is CC(C)N(CCCC(C#N)(c1c(Br)cccc1Br)C(C)C)C(C)c1ccccc1. The summed E-state index contributed by atoms with van der Waals surface area (Å²) in [5.41, 5.74) is 1.88. The molecule has 0 fully saturated rings. The summed E-state index contributed by atoms with van der Waals surface area (Å²) >= 11 is 7.40. The molecule has 0 bridgehead atoms. The minimum Gasteiger partial charge on any atom is -0.294 e. The predicted octanol–water partition coefficient (Wildman–Crippen LogP) is 7.88. The van der Waals surface area contributed by atoms with Crippen molar-refractivity contribution in [1.29, 1.82) is 5.26 Å². The lowest BCUT2D eigenvalue weighted by Crippen LogP contribution is -2.37. The van der Waals surface area contributed by atoms with E-state index in [1.165, 1.54) is 5.56 Å². The summed E-state index contributed by atoms with van der Waals surface area (Å²) in [5.74, 6) is 0.210. The smallest absolute Gasteiger partial charge is 0.0867 e. The van der Waals surface area contributed by atoms with E-state index in [0.717, 1.165) is 33.9 Å². The number of rotatable bonds is 9. The molecule has 2 nitrogen and oxygen atoms in total.